The number of aromatic nitrogens is 2. The molecule has 1 aliphatic heterocycles. The first-order valence-electron chi connectivity index (χ1n) is 13.5. The van der Waals surface area contributed by atoms with E-state index < -0.39 is 68.1 Å². The maximum atomic E-state index is 15.4. The van der Waals surface area contributed by atoms with Crippen LogP contribution in [-0.4, -0.2) is 76.4 Å². The number of anilines is 1. The minimum Gasteiger partial charge on any atom is -0.464 e. The Morgan fingerprint density at radius 2 is 1.62 bits per heavy atom. The number of nitrogens with zero attached hydrogens (tertiary/aromatic N) is 2. The highest BCUT2D eigenvalue weighted by Gasteiger charge is 2.55. The summed E-state index contributed by atoms with van der Waals surface area (Å²) >= 11 is 0. The number of carbonyl (C=O) groups excluding carboxylic acids is 2. The first-order valence-corrected chi connectivity index (χ1v) is 15.2. The third-order valence-electron chi connectivity index (χ3n) is 5.95. The lowest BCUT2D eigenvalue weighted by molar-refractivity contribution is -0.148. The number of hydrogen-bond acceptors (Lipinski definition) is 11. The molecule has 0 bridgehead atoms. The lowest BCUT2D eigenvalue weighted by Crippen LogP contribution is -2.46. The van der Waals surface area contributed by atoms with Crippen LogP contribution >= 0.6 is 7.67 Å². The lowest BCUT2D eigenvalue weighted by Gasteiger charge is -2.31. The largest absolute Gasteiger partial charge is 0.464 e. The second-order valence-electron chi connectivity index (χ2n) is 13.1. The van der Waals surface area contributed by atoms with E-state index in [4.69, 9.17) is 24.5 Å². The number of ether oxygens (including phenoxy) is 3. The van der Waals surface area contributed by atoms with E-state index in [0.717, 1.165) is 4.57 Å². The van der Waals surface area contributed by atoms with Gasteiger partial charge in [-0.05, 0) is 37.7 Å². The quantitative estimate of drug-likeness (QED) is 0.196. The highest BCUT2D eigenvalue weighted by atomic mass is 31.2. The van der Waals surface area contributed by atoms with Crippen molar-refractivity contribution >= 4 is 25.4 Å². The number of halogens is 1. The number of rotatable bonds is 12. The normalized spacial score (nSPS) is 24.7. The molecule has 1 fully saturated rings. The zero-order valence-electron chi connectivity index (χ0n) is 25.7. The van der Waals surface area contributed by atoms with Gasteiger partial charge in [-0.25, -0.2) is 19.4 Å². The molecule has 2 rings (SSSR count). The number of nitrogens with one attached hydrogen (secondary N) is 2. The molecule has 0 spiro atoms. The number of aliphatic hydroxyl groups is 1. The van der Waals surface area contributed by atoms with Gasteiger partial charge in [-0.1, -0.05) is 41.5 Å². The molecule has 16 heteroatoms. The van der Waals surface area contributed by atoms with Crippen molar-refractivity contribution in [2.45, 2.75) is 98.5 Å². The number of hydrogen-bond donors (Lipinski definition) is 4. The summed E-state index contributed by atoms with van der Waals surface area (Å²) < 4.78 is 52.2. The van der Waals surface area contributed by atoms with Crippen molar-refractivity contribution in [2.24, 2.45) is 10.8 Å². The molecule has 0 amide bonds. The van der Waals surface area contributed by atoms with E-state index in [2.05, 4.69) is 15.2 Å². The lowest BCUT2D eigenvalue weighted by atomic mass is 9.99. The van der Waals surface area contributed by atoms with Crippen molar-refractivity contribution in [3.63, 3.8) is 0 Å². The van der Waals surface area contributed by atoms with Gasteiger partial charge in [-0.15, -0.1) is 0 Å². The van der Waals surface area contributed by atoms with E-state index in [0.29, 0.717) is 0 Å². The highest BCUT2D eigenvalue weighted by molar-refractivity contribution is 7.54. The van der Waals surface area contributed by atoms with Crippen LogP contribution in [0.3, 0.4) is 0 Å². The molecule has 0 aliphatic carbocycles. The molecule has 240 valence electrons. The van der Waals surface area contributed by atoms with Gasteiger partial charge < -0.3 is 29.6 Å². The van der Waals surface area contributed by atoms with Crippen LogP contribution in [0, 0.1) is 10.8 Å². The number of nitrogens with two attached hydrogens (primary N) is 1. The first kappa shape index (κ1) is 35.8. The van der Waals surface area contributed by atoms with Gasteiger partial charge in [0.1, 0.15) is 29.6 Å². The van der Waals surface area contributed by atoms with Crippen LogP contribution in [0.25, 0.3) is 0 Å². The summed E-state index contributed by atoms with van der Waals surface area (Å²) in [6.07, 6.45) is -4.22. The number of esters is 2. The molecule has 0 aromatic carbocycles. The van der Waals surface area contributed by atoms with Crippen LogP contribution in [0.15, 0.2) is 17.1 Å². The standard InChI is InChI=1S/C26H45FN5O9P/c1-15(21(34)38-12-24(3,4)5)30-42(37,31-16(2)22(35)39-13-25(6,7)8)40-14-26(9)19(27)18(33)20(41-26)32-11-10-17(28)29-23(32)36/h10-11,15-16,18-20,33H,12-14H2,1-9H3,(H2,28,29,36)(H2,30,31,37)/t15-,16-,18+,19-,20+,26+/m0/s1. The third kappa shape index (κ3) is 10.1. The molecule has 1 aromatic rings. The van der Waals surface area contributed by atoms with E-state index >= 15 is 4.39 Å². The molecule has 2 heterocycles. The van der Waals surface area contributed by atoms with E-state index in [1.807, 2.05) is 41.5 Å². The maximum absolute atomic E-state index is 15.4. The Kier molecular flexibility index (Phi) is 11.5. The Morgan fingerprint density at radius 1 is 1.14 bits per heavy atom. The van der Waals surface area contributed by atoms with E-state index in [-0.39, 0.29) is 29.9 Å². The fourth-order valence-corrected chi connectivity index (χ4v) is 5.53. The first-order chi connectivity index (χ1) is 19.1. The number of alkyl halides is 1. The van der Waals surface area contributed by atoms with Crippen molar-refractivity contribution in [1.82, 2.24) is 19.7 Å². The summed E-state index contributed by atoms with van der Waals surface area (Å²) in [5.41, 5.74) is 2.05. The molecule has 0 unspecified atom stereocenters. The summed E-state index contributed by atoms with van der Waals surface area (Å²) in [6.45, 7) is 14.7. The van der Waals surface area contributed by atoms with Gasteiger partial charge in [0.25, 0.3) is 0 Å². The smallest absolute Gasteiger partial charge is 0.351 e. The zero-order valence-corrected chi connectivity index (χ0v) is 26.6. The zero-order chi connectivity index (χ0) is 32.3. The van der Waals surface area contributed by atoms with Gasteiger partial charge in [0.05, 0.1) is 19.8 Å². The molecular weight excluding hydrogens is 576 g/mol. The topological polar surface area (TPSA) is 193 Å². The Morgan fingerprint density at radius 3 is 2.05 bits per heavy atom. The van der Waals surface area contributed by atoms with E-state index in [1.165, 1.54) is 33.0 Å². The second-order valence-corrected chi connectivity index (χ2v) is 15.0. The van der Waals surface area contributed by atoms with Crippen LogP contribution < -0.4 is 21.6 Å². The van der Waals surface area contributed by atoms with Crippen LogP contribution in [0.2, 0.25) is 0 Å². The Hall–Kier alpha value is -2.42. The second kappa shape index (κ2) is 13.5. The van der Waals surface area contributed by atoms with Gasteiger partial charge in [0, 0.05) is 6.20 Å². The van der Waals surface area contributed by atoms with Crippen LogP contribution in [0.1, 0.15) is 68.5 Å². The van der Waals surface area contributed by atoms with Gasteiger partial charge in [0.15, 0.2) is 12.4 Å². The summed E-state index contributed by atoms with van der Waals surface area (Å²) in [4.78, 5) is 41.1. The van der Waals surface area contributed by atoms with Gasteiger partial charge in [-0.3, -0.25) is 18.7 Å². The summed E-state index contributed by atoms with van der Waals surface area (Å²) in [6, 6.07) is -1.08. The molecular formula is C26H45FN5O9P. The number of aliphatic hydroxyl groups excluding tert-OH is 1. The van der Waals surface area contributed by atoms with Gasteiger partial charge in [-0.2, -0.15) is 4.98 Å². The predicted molar refractivity (Wildman–Crippen MR) is 152 cm³/mol. The van der Waals surface area contributed by atoms with Gasteiger partial charge in [0.2, 0.25) is 0 Å². The fraction of sp³-hybridized carbons (Fsp3) is 0.769. The summed E-state index contributed by atoms with van der Waals surface area (Å²) in [7, 11) is -4.34. The monoisotopic (exact) mass is 621 g/mol. The van der Waals surface area contributed by atoms with Crippen molar-refractivity contribution in [2.75, 3.05) is 25.6 Å². The molecule has 6 atom stereocenters. The van der Waals surface area contributed by atoms with E-state index in [1.54, 1.807) is 0 Å². The minimum absolute atomic E-state index is 0.0741. The molecule has 1 aliphatic rings. The molecule has 42 heavy (non-hydrogen) atoms. The van der Waals surface area contributed by atoms with Crippen LogP contribution in [-0.2, 0) is 32.9 Å². The van der Waals surface area contributed by atoms with Crippen molar-refractivity contribution in [3.8, 4) is 0 Å². The van der Waals surface area contributed by atoms with E-state index in [9.17, 15) is 24.1 Å². The third-order valence-corrected chi connectivity index (χ3v) is 7.90. The molecule has 5 N–H and O–H groups in total. The number of carbonyl (C=O) groups is 2. The Bertz CT molecular complexity index is 1180. The Labute approximate surface area is 245 Å². The summed E-state index contributed by atoms with van der Waals surface area (Å²) in [5, 5.41) is 15.6. The van der Waals surface area contributed by atoms with Crippen LogP contribution in [0.4, 0.5) is 10.2 Å². The highest BCUT2D eigenvalue weighted by Crippen LogP contribution is 2.45. The maximum Gasteiger partial charge on any atom is 0.351 e. The van der Waals surface area contributed by atoms with Crippen molar-refractivity contribution in [1.29, 1.82) is 0 Å². The average Bonchev–Trinajstić information content (AvgIpc) is 3.08. The molecule has 0 saturated carbocycles. The molecule has 1 saturated heterocycles. The molecule has 0 radical (unpaired) electrons. The number of nitrogen functional groups attached to an aromatic ring is 1. The van der Waals surface area contributed by atoms with Crippen molar-refractivity contribution < 1.29 is 42.4 Å². The van der Waals surface area contributed by atoms with Crippen LogP contribution in [0.5, 0.6) is 0 Å². The Balaban J connectivity index is 2.26. The SMILES string of the molecule is C[C@H](NP(=O)(N[C@@H](C)C(=O)OCC(C)(C)C)OC[C@@]1(C)O[C@@H](n2ccc(N)nc2=O)[C@H](O)[C@@H]1F)C(=O)OCC(C)(C)C. The minimum atomic E-state index is -4.34. The molecule has 1 aromatic heterocycles. The average molecular weight is 622 g/mol. The molecule has 14 nitrogen and oxygen atoms in total. The predicted octanol–water partition coefficient (Wildman–Crippen LogP) is 2.07. The van der Waals surface area contributed by atoms with Crippen molar-refractivity contribution in [3.05, 3.63) is 22.7 Å². The summed E-state index contributed by atoms with van der Waals surface area (Å²) in [5.74, 6) is -1.55. The fourth-order valence-electron chi connectivity index (χ4n) is 3.64. The van der Waals surface area contributed by atoms with Gasteiger partial charge >= 0.3 is 25.3 Å².